The molecule has 4 nitrogen and oxygen atoms in total. The van der Waals surface area contributed by atoms with Gasteiger partial charge in [-0.15, -0.1) is 0 Å². The molecule has 0 aliphatic heterocycles. The van der Waals surface area contributed by atoms with Gasteiger partial charge in [-0.3, -0.25) is 4.55 Å². The predicted molar refractivity (Wildman–Crippen MR) is 84.4 cm³/mol. The molecule has 0 heterocycles. The number of hydrogen-bond donors (Lipinski definition) is 2. The van der Waals surface area contributed by atoms with E-state index in [2.05, 4.69) is 23.5 Å². The van der Waals surface area contributed by atoms with Gasteiger partial charge in [-0.1, -0.05) is 6.07 Å². The minimum absolute atomic E-state index is 0. The summed E-state index contributed by atoms with van der Waals surface area (Å²) in [4.78, 5) is 0. The molecule has 0 fully saturated rings. The molecule has 0 unspecified atom stereocenters. The Hall–Kier alpha value is 0.930. The standard InChI is InChI=1S/C12H19NO3S.2Na.2H/c1-10-7-11(2)9-12(8-10)13-5-3-4-6-17(14,15)16;;;;/h7-9,13H,3-6H2,1-2H3,(H,14,15,16);;;;. The molecule has 2 N–H and O–H groups in total. The van der Waals surface area contributed by atoms with Gasteiger partial charge in [-0.25, -0.2) is 0 Å². The van der Waals surface area contributed by atoms with Crippen LogP contribution in [0.3, 0.4) is 0 Å². The molecule has 1 aromatic carbocycles. The van der Waals surface area contributed by atoms with Crippen molar-refractivity contribution < 1.29 is 13.0 Å². The summed E-state index contributed by atoms with van der Waals surface area (Å²) in [5.41, 5.74) is 3.45. The molecule has 0 amide bonds. The van der Waals surface area contributed by atoms with Crippen molar-refractivity contribution in [1.82, 2.24) is 0 Å². The molecule has 0 radical (unpaired) electrons. The van der Waals surface area contributed by atoms with E-state index < -0.39 is 10.1 Å². The first-order valence-corrected chi connectivity index (χ1v) is 7.25. The topological polar surface area (TPSA) is 66.4 Å². The quantitative estimate of drug-likeness (QED) is 0.469. The number of nitrogens with one attached hydrogen (secondary N) is 1. The molecule has 0 aliphatic carbocycles. The Labute approximate surface area is 160 Å². The van der Waals surface area contributed by atoms with E-state index in [1.165, 1.54) is 11.1 Å². The van der Waals surface area contributed by atoms with Crippen molar-refractivity contribution in [3.8, 4) is 0 Å². The van der Waals surface area contributed by atoms with Gasteiger partial charge < -0.3 is 5.32 Å². The maximum absolute atomic E-state index is 10.5. The van der Waals surface area contributed by atoms with Gasteiger partial charge in [0.25, 0.3) is 10.1 Å². The number of benzene rings is 1. The molecule has 1 rings (SSSR count). The minimum atomic E-state index is -3.81. The zero-order chi connectivity index (χ0) is 12.9. The summed E-state index contributed by atoms with van der Waals surface area (Å²) in [7, 11) is -3.81. The van der Waals surface area contributed by atoms with Crippen molar-refractivity contribution in [3.63, 3.8) is 0 Å². The number of anilines is 1. The van der Waals surface area contributed by atoms with Gasteiger partial charge >= 0.3 is 59.1 Å². The first-order valence-electron chi connectivity index (χ1n) is 5.64. The second kappa shape index (κ2) is 10.6. The third-order valence-corrected chi connectivity index (χ3v) is 3.18. The summed E-state index contributed by atoms with van der Waals surface area (Å²) in [6.45, 7) is 4.78. The van der Waals surface area contributed by atoms with E-state index in [1.54, 1.807) is 0 Å². The molecule has 0 atom stereocenters. The summed E-state index contributed by atoms with van der Waals surface area (Å²) in [5.74, 6) is -0.165. The van der Waals surface area contributed by atoms with Gasteiger partial charge in [0.15, 0.2) is 0 Å². The Kier molecular flexibility index (Phi) is 12.4. The van der Waals surface area contributed by atoms with Crippen LogP contribution >= 0.6 is 0 Å². The van der Waals surface area contributed by atoms with E-state index in [1.807, 2.05) is 13.8 Å². The Morgan fingerprint density at radius 3 is 2.05 bits per heavy atom. The van der Waals surface area contributed by atoms with Crippen LogP contribution in [0.1, 0.15) is 24.0 Å². The van der Waals surface area contributed by atoms with Crippen LogP contribution in [0.5, 0.6) is 0 Å². The van der Waals surface area contributed by atoms with E-state index in [4.69, 9.17) is 4.55 Å². The normalized spacial score (nSPS) is 10.3. The molecule has 19 heavy (non-hydrogen) atoms. The van der Waals surface area contributed by atoms with Gasteiger partial charge in [0.05, 0.1) is 5.75 Å². The Morgan fingerprint density at radius 2 is 1.58 bits per heavy atom. The van der Waals surface area contributed by atoms with Crippen LogP contribution in [-0.2, 0) is 10.1 Å². The Bertz CT molecular complexity index is 458. The van der Waals surface area contributed by atoms with Crippen LogP contribution < -0.4 is 5.32 Å². The summed E-state index contributed by atoms with van der Waals surface area (Å²) in [6.07, 6.45) is 1.18. The van der Waals surface area contributed by atoms with Crippen molar-refractivity contribution in [2.75, 3.05) is 17.6 Å². The zero-order valence-corrected chi connectivity index (χ0v) is 11.0. The first-order chi connectivity index (χ1) is 7.87. The molecule has 0 saturated heterocycles. The fourth-order valence-electron chi connectivity index (χ4n) is 1.72. The third-order valence-electron chi connectivity index (χ3n) is 2.38. The van der Waals surface area contributed by atoms with Crippen LogP contribution in [-0.4, -0.2) is 84.4 Å². The second-order valence-corrected chi connectivity index (χ2v) is 5.87. The van der Waals surface area contributed by atoms with E-state index in [0.29, 0.717) is 19.4 Å². The van der Waals surface area contributed by atoms with Gasteiger partial charge in [0.2, 0.25) is 0 Å². The Balaban J connectivity index is 0. The fraction of sp³-hybridized carbons (Fsp3) is 0.500. The predicted octanol–water partition coefficient (Wildman–Crippen LogP) is 1.09. The molecule has 0 bridgehead atoms. The number of unbranched alkanes of at least 4 members (excludes halogenated alkanes) is 1. The molecule has 0 saturated carbocycles. The van der Waals surface area contributed by atoms with Gasteiger partial charge in [0, 0.05) is 12.2 Å². The van der Waals surface area contributed by atoms with Crippen LogP contribution in [0.25, 0.3) is 0 Å². The van der Waals surface area contributed by atoms with Crippen molar-refractivity contribution in [1.29, 1.82) is 0 Å². The van der Waals surface area contributed by atoms with Gasteiger partial charge in [-0.2, -0.15) is 8.42 Å². The van der Waals surface area contributed by atoms with Crippen LogP contribution in [0.4, 0.5) is 5.69 Å². The molecule has 0 aliphatic rings. The van der Waals surface area contributed by atoms with E-state index in [-0.39, 0.29) is 64.9 Å². The maximum atomic E-state index is 10.5. The van der Waals surface area contributed by atoms with Crippen molar-refractivity contribution in [2.24, 2.45) is 0 Å². The zero-order valence-electron chi connectivity index (χ0n) is 10.2. The number of hydrogen-bond acceptors (Lipinski definition) is 3. The fourth-order valence-corrected chi connectivity index (χ4v) is 2.29. The van der Waals surface area contributed by atoms with Crippen LogP contribution in [0.15, 0.2) is 18.2 Å². The molecule has 0 spiro atoms. The van der Waals surface area contributed by atoms with Gasteiger partial charge in [0.1, 0.15) is 0 Å². The summed E-state index contributed by atoms with van der Waals surface area (Å²) < 4.78 is 29.5. The van der Waals surface area contributed by atoms with E-state index in [0.717, 1.165) is 5.69 Å². The SMILES string of the molecule is Cc1cc(C)cc(NCCCCS(=O)(=O)O)c1.[NaH].[NaH]. The Morgan fingerprint density at radius 1 is 1.05 bits per heavy atom. The number of rotatable bonds is 6. The molecule has 0 aromatic heterocycles. The molecular weight excluding hydrogens is 284 g/mol. The average Bonchev–Trinajstić information content (AvgIpc) is 2.13. The summed E-state index contributed by atoms with van der Waals surface area (Å²) >= 11 is 0. The van der Waals surface area contributed by atoms with E-state index in [9.17, 15) is 8.42 Å². The molecule has 7 heteroatoms. The molecule has 100 valence electrons. The number of aryl methyl sites for hydroxylation is 2. The van der Waals surface area contributed by atoms with E-state index >= 15 is 0 Å². The van der Waals surface area contributed by atoms with Crippen LogP contribution in [0, 0.1) is 13.8 Å². The van der Waals surface area contributed by atoms with Gasteiger partial charge in [-0.05, 0) is 49.9 Å². The second-order valence-electron chi connectivity index (χ2n) is 4.30. The van der Waals surface area contributed by atoms with Crippen molar-refractivity contribution in [3.05, 3.63) is 29.3 Å². The molecule has 1 aromatic rings. The summed E-state index contributed by atoms with van der Waals surface area (Å²) in [5, 5.41) is 3.24. The molecular formula is C12H21NNa2O3S. The monoisotopic (exact) mass is 305 g/mol. The third kappa shape index (κ3) is 11.3. The van der Waals surface area contributed by atoms with Crippen molar-refractivity contribution in [2.45, 2.75) is 26.7 Å². The summed E-state index contributed by atoms with van der Waals surface area (Å²) in [6, 6.07) is 6.20. The van der Waals surface area contributed by atoms with Crippen molar-refractivity contribution >= 4 is 74.9 Å². The first kappa shape index (κ1) is 22.2. The van der Waals surface area contributed by atoms with Crippen LogP contribution in [0.2, 0.25) is 0 Å². The average molecular weight is 305 g/mol.